The molecule has 2 aromatic rings. The van der Waals surface area contributed by atoms with Crippen molar-refractivity contribution in [2.45, 2.75) is 11.4 Å². The average Bonchev–Trinajstić information content (AvgIpc) is 2.64. The van der Waals surface area contributed by atoms with Gasteiger partial charge < -0.3 is 4.90 Å². The first-order valence-corrected chi connectivity index (χ1v) is 10.1. The third-order valence-electron chi connectivity index (χ3n) is 4.76. The van der Waals surface area contributed by atoms with Crippen LogP contribution in [0.5, 0.6) is 0 Å². The molecule has 0 saturated carbocycles. The first kappa shape index (κ1) is 18.8. The zero-order valence-electron chi connectivity index (χ0n) is 15.1. The molecule has 0 unspecified atom stereocenters. The molecule has 1 saturated heterocycles. The Morgan fingerprint density at radius 3 is 2.50 bits per heavy atom. The number of piperazine rings is 1. The van der Waals surface area contributed by atoms with E-state index in [2.05, 4.69) is 12.0 Å². The van der Waals surface area contributed by atoms with E-state index in [1.54, 1.807) is 30.3 Å². The van der Waals surface area contributed by atoms with Crippen LogP contribution >= 0.6 is 0 Å². The van der Waals surface area contributed by atoms with Crippen molar-refractivity contribution in [2.24, 2.45) is 0 Å². The van der Waals surface area contributed by atoms with E-state index in [1.165, 1.54) is 21.5 Å². The van der Waals surface area contributed by atoms with Crippen LogP contribution < -0.4 is 14.8 Å². The molecule has 0 radical (unpaired) electrons. The van der Waals surface area contributed by atoms with Crippen molar-refractivity contribution < 1.29 is 22.7 Å². The Bertz CT molecular complexity index is 850. The number of hydrogen-bond donors (Lipinski definition) is 1. The fraction of sp³-hybridized carbons (Fsp3) is 0.389. The number of quaternary nitrogens is 1. The normalized spacial score (nSPS) is 16.6. The molecule has 1 fully saturated rings. The van der Waals surface area contributed by atoms with E-state index in [1.807, 2.05) is 11.9 Å². The van der Waals surface area contributed by atoms with Crippen LogP contribution in [0.15, 0.2) is 47.5 Å². The fourth-order valence-corrected chi connectivity index (χ4v) is 4.43. The van der Waals surface area contributed by atoms with Crippen LogP contribution in [0.3, 0.4) is 0 Å². The second-order valence-corrected chi connectivity index (χ2v) is 8.66. The predicted molar refractivity (Wildman–Crippen MR) is 96.9 cm³/mol. The topological polar surface area (TPSA) is 59.2 Å². The van der Waals surface area contributed by atoms with E-state index in [0.29, 0.717) is 25.2 Å². The Labute approximate surface area is 153 Å². The van der Waals surface area contributed by atoms with Crippen molar-refractivity contribution >= 4 is 15.8 Å². The lowest BCUT2D eigenvalue weighted by Crippen LogP contribution is -3.12. The van der Waals surface area contributed by atoms with Crippen molar-refractivity contribution in [3.8, 4) is 0 Å². The number of benzene rings is 1. The SMILES string of the molecule is CN(Cc1ccccc1F)c1ccc(S(=O)(=O)N2CC[NH+](C)CC2)c[nH+]1. The van der Waals surface area contributed by atoms with Gasteiger partial charge in [-0.15, -0.1) is 0 Å². The largest absolute Gasteiger partial charge is 0.335 e. The Morgan fingerprint density at radius 2 is 1.88 bits per heavy atom. The van der Waals surface area contributed by atoms with Gasteiger partial charge in [-0.05, 0) is 12.1 Å². The maximum atomic E-state index is 13.8. The van der Waals surface area contributed by atoms with Gasteiger partial charge in [0.1, 0.15) is 23.5 Å². The number of likely N-dealkylation sites (N-methyl/N-ethyl adjacent to an activating group) is 1. The highest BCUT2D eigenvalue weighted by molar-refractivity contribution is 7.89. The molecular formula is C18H25FN4O2S+2. The fourth-order valence-electron chi connectivity index (χ4n) is 3.02. The summed E-state index contributed by atoms with van der Waals surface area (Å²) in [5, 5.41) is 0. The summed E-state index contributed by atoms with van der Waals surface area (Å²) in [6.45, 7) is 3.07. The molecule has 0 aliphatic carbocycles. The lowest BCUT2D eigenvalue weighted by molar-refractivity contribution is -0.883. The average molecular weight is 380 g/mol. The Balaban J connectivity index is 1.72. The van der Waals surface area contributed by atoms with Gasteiger partial charge in [-0.25, -0.2) is 17.8 Å². The zero-order valence-corrected chi connectivity index (χ0v) is 15.9. The number of aromatic nitrogens is 1. The van der Waals surface area contributed by atoms with Crippen LogP contribution in [0.4, 0.5) is 10.2 Å². The number of aromatic amines is 1. The van der Waals surface area contributed by atoms with Gasteiger partial charge in [0.25, 0.3) is 5.82 Å². The summed E-state index contributed by atoms with van der Waals surface area (Å²) in [6.07, 6.45) is 1.51. The number of anilines is 1. The minimum absolute atomic E-state index is 0.250. The number of hydrogen-bond acceptors (Lipinski definition) is 3. The molecule has 2 N–H and O–H groups in total. The van der Waals surface area contributed by atoms with Crippen LogP contribution in [0.25, 0.3) is 0 Å². The molecule has 2 heterocycles. The molecule has 1 aliphatic rings. The molecule has 1 aromatic heterocycles. The van der Waals surface area contributed by atoms with Crippen molar-refractivity contribution in [1.29, 1.82) is 0 Å². The lowest BCUT2D eigenvalue weighted by Gasteiger charge is -2.29. The number of nitrogens with zero attached hydrogens (tertiary/aromatic N) is 2. The minimum Gasteiger partial charge on any atom is -0.335 e. The summed E-state index contributed by atoms with van der Waals surface area (Å²) in [6, 6.07) is 9.94. The van der Waals surface area contributed by atoms with E-state index in [0.717, 1.165) is 18.9 Å². The molecule has 140 valence electrons. The summed E-state index contributed by atoms with van der Waals surface area (Å²) in [5.74, 6) is 0.464. The van der Waals surface area contributed by atoms with Crippen molar-refractivity contribution in [2.75, 3.05) is 45.2 Å². The van der Waals surface area contributed by atoms with E-state index >= 15 is 0 Å². The van der Waals surface area contributed by atoms with E-state index in [9.17, 15) is 12.8 Å². The third-order valence-corrected chi connectivity index (χ3v) is 6.65. The Hall–Kier alpha value is -2.03. The highest BCUT2D eigenvalue weighted by Gasteiger charge is 2.30. The molecule has 26 heavy (non-hydrogen) atoms. The molecule has 0 atom stereocenters. The summed E-state index contributed by atoms with van der Waals surface area (Å²) in [7, 11) is 0.413. The third kappa shape index (κ3) is 4.03. The Morgan fingerprint density at radius 1 is 1.19 bits per heavy atom. The van der Waals surface area contributed by atoms with Gasteiger partial charge >= 0.3 is 0 Å². The standard InChI is InChI=1S/C18H23FN4O2S/c1-21-9-11-23(12-10-21)26(24,25)16-7-8-18(20-13-16)22(2)14-15-5-3-4-6-17(15)19/h3-8,13H,9-12,14H2,1-2H3/p+2. The van der Waals surface area contributed by atoms with Gasteiger partial charge in [0.15, 0.2) is 0 Å². The van der Waals surface area contributed by atoms with Crippen molar-refractivity contribution in [3.05, 3.63) is 54.0 Å². The molecule has 6 nitrogen and oxygen atoms in total. The monoisotopic (exact) mass is 380 g/mol. The first-order chi connectivity index (χ1) is 12.4. The predicted octanol–water partition coefficient (Wildman–Crippen LogP) is -0.205. The maximum Gasteiger partial charge on any atom is 0.274 e. The van der Waals surface area contributed by atoms with E-state index < -0.39 is 10.0 Å². The number of nitrogens with one attached hydrogen (secondary N) is 2. The maximum absolute atomic E-state index is 13.8. The van der Waals surface area contributed by atoms with Gasteiger partial charge in [-0.3, -0.25) is 4.90 Å². The molecule has 1 aromatic carbocycles. The van der Waals surface area contributed by atoms with Gasteiger partial charge in [-0.2, -0.15) is 4.31 Å². The Kier molecular flexibility index (Phi) is 5.55. The van der Waals surface area contributed by atoms with Crippen LogP contribution in [-0.4, -0.2) is 53.0 Å². The molecule has 0 bridgehead atoms. The summed E-state index contributed by atoms with van der Waals surface area (Å²) in [4.78, 5) is 6.46. The molecule has 8 heteroatoms. The van der Waals surface area contributed by atoms with Gasteiger partial charge in [0.05, 0.1) is 40.3 Å². The van der Waals surface area contributed by atoms with Gasteiger partial charge in [0.2, 0.25) is 10.0 Å². The highest BCUT2D eigenvalue weighted by atomic mass is 32.2. The van der Waals surface area contributed by atoms with E-state index in [-0.39, 0.29) is 10.7 Å². The molecule has 0 spiro atoms. The number of halogens is 1. The van der Waals surface area contributed by atoms with Crippen molar-refractivity contribution in [3.63, 3.8) is 0 Å². The van der Waals surface area contributed by atoms with Crippen LogP contribution in [-0.2, 0) is 16.6 Å². The second-order valence-electron chi connectivity index (χ2n) is 6.72. The number of rotatable bonds is 5. The van der Waals surface area contributed by atoms with E-state index in [4.69, 9.17) is 0 Å². The lowest BCUT2D eigenvalue weighted by atomic mass is 10.2. The molecular weight excluding hydrogens is 355 g/mol. The molecule has 1 aliphatic heterocycles. The summed E-state index contributed by atoms with van der Waals surface area (Å²) in [5.41, 5.74) is 0.583. The van der Waals surface area contributed by atoms with Crippen LogP contribution in [0.1, 0.15) is 5.56 Å². The zero-order chi connectivity index (χ0) is 18.7. The quantitative estimate of drug-likeness (QED) is 0.781. The van der Waals surface area contributed by atoms with Crippen molar-refractivity contribution in [1.82, 2.24) is 4.31 Å². The number of H-pyrrole nitrogens is 1. The van der Waals surface area contributed by atoms with Crippen LogP contribution in [0, 0.1) is 5.82 Å². The highest BCUT2D eigenvalue weighted by Crippen LogP contribution is 2.17. The molecule has 0 amide bonds. The van der Waals surface area contributed by atoms with Gasteiger partial charge in [-0.1, -0.05) is 18.2 Å². The smallest absolute Gasteiger partial charge is 0.274 e. The van der Waals surface area contributed by atoms with Gasteiger partial charge in [0, 0.05) is 11.6 Å². The first-order valence-electron chi connectivity index (χ1n) is 8.65. The number of sulfonamides is 1. The minimum atomic E-state index is -3.48. The van der Waals surface area contributed by atoms with Crippen LogP contribution in [0.2, 0.25) is 0 Å². The second kappa shape index (κ2) is 7.69. The summed E-state index contributed by atoms with van der Waals surface area (Å²) >= 11 is 0. The molecule has 3 rings (SSSR count). The number of pyridine rings is 1. The summed E-state index contributed by atoms with van der Waals surface area (Å²) < 4.78 is 40.8.